The molecule has 0 radical (unpaired) electrons. The predicted octanol–water partition coefficient (Wildman–Crippen LogP) is 1.07. The van der Waals surface area contributed by atoms with E-state index in [1.807, 2.05) is 20.8 Å². The fraction of sp³-hybridized carbons (Fsp3) is 0.857. The number of hydrogen-bond acceptors (Lipinski definition) is 3. The zero-order valence-corrected chi connectivity index (χ0v) is 12.1. The Labute approximate surface area is 114 Å². The number of nitrogens with zero attached hydrogens (tertiary/aromatic N) is 1. The van der Waals surface area contributed by atoms with E-state index in [9.17, 15) is 9.59 Å². The smallest absolute Gasteiger partial charge is 0.248 e. The van der Waals surface area contributed by atoms with Crippen LogP contribution in [0.4, 0.5) is 0 Å². The molecule has 0 aromatic heterocycles. The summed E-state index contributed by atoms with van der Waals surface area (Å²) in [6.07, 6.45) is 3.61. The summed E-state index contributed by atoms with van der Waals surface area (Å²) in [5, 5.41) is 2.87. The van der Waals surface area contributed by atoms with Gasteiger partial charge in [0.15, 0.2) is 0 Å². The number of hydrogen-bond donors (Lipinski definition) is 1. The summed E-state index contributed by atoms with van der Waals surface area (Å²) in [6, 6.07) is 0. The Balaban J connectivity index is 2.07. The normalized spacial score (nSPS) is 30.6. The number of carbonyl (C=O) groups excluding carboxylic acids is 2. The first-order valence-corrected chi connectivity index (χ1v) is 7.26. The van der Waals surface area contributed by atoms with Gasteiger partial charge in [0.25, 0.3) is 0 Å². The molecule has 5 heteroatoms. The second kappa shape index (κ2) is 5.49. The van der Waals surface area contributed by atoms with Gasteiger partial charge in [0.2, 0.25) is 11.8 Å². The SMILES string of the molecule is CCC1(CC)NC(=O)CN(CC2CCC(C)O2)C1=O. The van der Waals surface area contributed by atoms with Gasteiger partial charge in [0.05, 0.1) is 18.8 Å². The third-order valence-electron chi connectivity index (χ3n) is 4.36. The van der Waals surface area contributed by atoms with Crippen molar-refractivity contribution in [2.24, 2.45) is 0 Å². The Kier molecular flexibility index (Phi) is 4.13. The zero-order chi connectivity index (χ0) is 14.0. The predicted molar refractivity (Wildman–Crippen MR) is 71.6 cm³/mol. The molecule has 2 saturated heterocycles. The van der Waals surface area contributed by atoms with Gasteiger partial charge in [-0.15, -0.1) is 0 Å². The molecule has 2 unspecified atom stereocenters. The number of carbonyl (C=O) groups is 2. The van der Waals surface area contributed by atoms with Gasteiger partial charge in [-0.1, -0.05) is 13.8 Å². The molecule has 0 spiro atoms. The Bertz CT molecular complexity index is 366. The van der Waals surface area contributed by atoms with Crippen molar-refractivity contribution in [3.8, 4) is 0 Å². The van der Waals surface area contributed by atoms with Crippen molar-refractivity contribution >= 4 is 11.8 Å². The molecule has 0 aromatic rings. The third-order valence-corrected chi connectivity index (χ3v) is 4.36. The number of rotatable bonds is 4. The average molecular weight is 268 g/mol. The zero-order valence-electron chi connectivity index (χ0n) is 12.1. The van der Waals surface area contributed by atoms with E-state index < -0.39 is 5.54 Å². The van der Waals surface area contributed by atoms with Gasteiger partial charge < -0.3 is 15.0 Å². The largest absolute Gasteiger partial charge is 0.373 e. The number of nitrogens with one attached hydrogen (secondary N) is 1. The summed E-state index contributed by atoms with van der Waals surface area (Å²) in [4.78, 5) is 26.1. The second-order valence-electron chi connectivity index (χ2n) is 5.67. The highest BCUT2D eigenvalue weighted by Crippen LogP contribution is 2.25. The van der Waals surface area contributed by atoms with Gasteiger partial charge in [-0.05, 0) is 32.6 Å². The van der Waals surface area contributed by atoms with Crippen molar-refractivity contribution in [1.82, 2.24) is 10.2 Å². The fourth-order valence-corrected chi connectivity index (χ4v) is 3.05. The first kappa shape index (κ1) is 14.3. The van der Waals surface area contributed by atoms with Crippen LogP contribution in [0.15, 0.2) is 0 Å². The summed E-state index contributed by atoms with van der Waals surface area (Å²) in [5.41, 5.74) is -0.709. The topological polar surface area (TPSA) is 58.6 Å². The first-order chi connectivity index (χ1) is 9.00. The average Bonchev–Trinajstić information content (AvgIpc) is 2.79. The van der Waals surface area contributed by atoms with Gasteiger partial charge in [-0.3, -0.25) is 9.59 Å². The van der Waals surface area contributed by atoms with Crippen LogP contribution in [0.5, 0.6) is 0 Å². The molecule has 0 aromatic carbocycles. The maximum atomic E-state index is 12.6. The molecule has 0 bridgehead atoms. The molecule has 108 valence electrons. The summed E-state index contributed by atoms with van der Waals surface area (Å²) < 4.78 is 5.76. The van der Waals surface area contributed by atoms with Crippen molar-refractivity contribution in [2.75, 3.05) is 13.1 Å². The molecule has 2 heterocycles. The van der Waals surface area contributed by atoms with Crippen LogP contribution in [-0.2, 0) is 14.3 Å². The Hall–Kier alpha value is -1.10. The monoisotopic (exact) mass is 268 g/mol. The van der Waals surface area contributed by atoms with Crippen LogP contribution in [0.25, 0.3) is 0 Å². The Morgan fingerprint density at radius 3 is 2.53 bits per heavy atom. The molecule has 2 atom stereocenters. The Morgan fingerprint density at radius 1 is 1.32 bits per heavy atom. The summed E-state index contributed by atoms with van der Waals surface area (Å²) in [6.45, 7) is 6.64. The van der Waals surface area contributed by atoms with Gasteiger partial charge in [0.1, 0.15) is 5.54 Å². The summed E-state index contributed by atoms with van der Waals surface area (Å²) in [5.74, 6) is -0.0189. The van der Waals surface area contributed by atoms with Crippen LogP contribution < -0.4 is 5.32 Å². The van der Waals surface area contributed by atoms with Crippen LogP contribution in [0.3, 0.4) is 0 Å². The molecular formula is C14H24N2O3. The Morgan fingerprint density at radius 2 is 2.00 bits per heavy atom. The van der Waals surface area contributed by atoms with Crippen LogP contribution in [-0.4, -0.2) is 47.6 Å². The van der Waals surface area contributed by atoms with E-state index >= 15 is 0 Å². The minimum absolute atomic E-state index is 0.0419. The van der Waals surface area contributed by atoms with Gasteiger partial charge in [-0.25, -0.2) is 0 Å². The molecule has 5 nitrogen and oxygen atoms in total. The minimum Gasteiger partial charge on any atom is -0.373 e. The molecule has 2 aliphatic heterocycles. The fourth-order valence-electron chi connectivity index (χ4n) is 3.05. The second-order valence-corrected chi connectivity index (χ2v) is 5.67. The summed E-state index contributed by atoms with van der Waals surface area (Å²) in [7, 11) is 0. The van der Waals surface area contributed by atoms with Crippen LogP contribution in [0.1, 0.15) is 46.5 Å². The van der Waals surface area contributed by atoms with Crippen molar-refractivity contribution < 1.29 is 14.3 Å². The van der Waals surface area contributed by atoms with Crippen LogP contribution in [0, 0.1) is 0 Å². The molecule has 2 aliphatic rings. The van der Waals surface area contributed by atoms with Crippen LogP contribution in [0.2, 0.25) is 0 Å². The van der Waals surface area contributed by atoms with Gasteiger partial charge in [0, 0.05) is 6.54 Å². The van der Waals surface area contributed by atoms with E-state index in [2.05, 4.69) is 5.32 Å². The van der Waals surface area contributed by atoms with Crippen LogP contribution >= 0.6 is 0 Å². The minimum atomic E-state index is -0.709. The maximum Gasteiger partial charge on any atom is 0.248 e. The molecule has 2 amide bonds. The molecular weight excluding hydrogens is 244 g/mol. The number of amides is 2. The highest BCUT2D eigenvalue weighted by molar-refractivity contribution is 5.97. The van der Waals surface area contributed by atoms with Crippen molar-refractivity contribution in [3.05, 3.63) is 0 Å². The number of ether oxygens (including phenoxy) is 1. The standard InChI is InChI=1S/C14H24N2O3/c1-4-14(5-2)13(18)16(9-12(17)15-14)8-11-7-6-10(3)19-11/h10-11H,4-9H2,1-3H3,(H,15,17). The molecule has 2 fully saturated rings. The van der Waals surface area contributed by atoms with E-state index in [0.717, 1.165) is 12.8 Å². The molecule has 19 heavy (non-hydrogen) atoms. The van der Waals surface area contributed by atoms with E-state index in [1.165, 1.54) is 0 Å². The molecule has 2 rings (SSSR count). The first-order valence-electron chi connectivity index (χ1n) is 7.26. The van der Waals surface area contributed by atoms with E-state index in [-0.39, 0.29) is 30.6 Å². The van der Waals surface area contributed by atoms with E-state index in [0.29, 0.717) is 19.4 Å². The molecule has 1 N–H and O–H groups in total. The quantitative estimate of drug-likeness (QED) is 0.829. The lowest BCUT2D eigenvalue weighted by molar-refractivity contribution is -0.152. The highest BCUT2D eigenvalue weighted by atomic mass is 16.5. The van der Waals surface area contributed by atoms with Gasteiger partial charge >= 0.3 is 0 Å². The van der Waals surface area contributed by atoms with Crippen molar-refractivity contribution in [1.29, 1.82) is 0 Å². The van der Waals surface area contributed by atoms with E-state index in [4.69, 9.17) is 4.74 Å². The third kappa shape index (κ3) is 2.76. The molecule has 0 aliphatic carbocycles. The summed E-state index contributed by atoms with van der Waals surface area (Å²) >= 11 is 0. The lowest BCUT2D eigenvalue weighted by Gasteiger charge is -2.41. The van der Waals surface area contributed by atoms with Crippen molar-refractivity contribution in [3.63, 3.8) is 0 Å². The number of piperazine rings is 1. The molecule has 0 saturated carbocycles. The van der Waals surface area contributed by atoms with Gasteiger partial charge in [-0.2, -0.15) is 0 Å². The highest BCUT2D eigenvalue weighted by Gasteiger charge is 2.44. The van der Waals surface area contributed by atoms with Crippen molar-refractivity contribution in [2.45, 2.75) is 64.2 Å². The maximum absolute atomic E-state index is 12.6. The lowest BCUT2D eigenvalue weighted by Crippen LogP contribution is -2.66. The van der Waals surface area contributed by atoms with E-state index in [1.54, 1.807) is 4.90 Å². The lowest BCUT2D eigenvalue weighted by atomic mass is 9.89.